The first-order valence-electron chi connectivity index (χ1n) is 11.4. The van der Waals surface area contributed by atoms with Gasteiger partial charge in [-0.05, 0) is 39.9 Å². The number of carbonyl (C=O) groups excluding carboxylic acids is 2. The van der Waals surface area contributed by atoms with Gasteiger partial charge < -0.3 is 19.0 Å². The van der Waals surface area contributed by atoms with Gasteiger partial charge >= 0.3 is 22.2 Å². The number of alkyl carbamates (subject to hydrolysis) is 1. The summed E-state index contributed by atoms with van der Waals surface area (Å²) < 4.78 is 38.3. The molecule has 1 aliphatic carbocycles. The van der Waals surface area contributed by atoms with Gasteiger partial charge in [-0.15, -0.1) is 0 Å². The molecule has 1 unspecified atom stereocenters. The van der Waals surface area contributed by atoms with Crippen LogP contribution in [0.5, 0.6) is 5.75 Å². The van der Waals surface area contributed by atoms with Gasteiger partial charge in [0.15, 0.2) is 0 Å². The van der Waals surface area contributed by atoms with Crippen LogP contribution in [0.25, 0.3) is 11.1 Å². The minimum atomic E-state index is -3.71. The number of ether oxygens (including phenoxy) is 2. The Kier molecular flexibility index (Phi) is 7.59. The van der Waals surface area contributed by atoms with E-state index in [1.165, 1.54) is 19.2 Å². The Labute approximate surface area is 210 Å². The maximum Gasteiger partial charge on any atom is 0.407 e. The van der Waals surface area contributed by atoms with Crippen molar-refractivity contribution in [3.05, 3.63) is 89.5 Å². The number of benzene rings is 3. The second kappa shape index (κ2) is 10.8. The van der Waals surface area contributed by atoms with Crippen molar-refractivity contribution in [1.82, 2.24) is 5.32 Å². The Bertz CT molecular complexity index is 1320. The molecule has 1 amide bonds. The molecule has 0 spiro atoms. The van der Waals surface area contributed by atoms with Gasteiger partial charge in [0, 0.05) is 18.4 Å². The molecule has 1 aliphatic rings. The zero-order valence-electron chi connectivity index (χ0n) is 20.0. The number of methoxy groups -OCH3 is 1. The second-order valence-electron chi connectivity index (χ2n) is 8.54. The summed E-state index contributed by atoms with van der Waals surface area (Å²) in [6, 6.07) is 22.5. The number of carbonyl (C=O) groups is 2. The fraction of sp³-hybridized carbons (Fsp3) is 0.259. The van der Waals surface area contributed by atoms with E-state index in [-0.39, 0.29) is 31.2 Å². The van der Waals surface area contributed by atoms with Crippen molar-refractivity contribution in [1.29, 1.82) is 0 Å². The number of hydrogen-bond acceptors (Lipinski definition) is 7. The lowest BCUT2D eigenvalue weighted by Gasteiger charge is -2.19. The minimum Gasteiger partial charge on any atom is -0.469 e. The van der Waals surface area contributed by atoms with Crippen molar-refractivity contribution in [2.24, 2.45) is 0 Å². The molecule has 0 bridgehead atoms. The quantitative estimate of drug-likeness (QED) is 0.340. The van der Waals surface area contributed by atoms with Crippen LogP contribution >= 0.6 is 0 Å². The number of nitrogens with one attached hydrogen (secondary N) is 1. The summed E-state index contributed by atoms with van der Waals surface area (Å²) in [5.74, 6) is -0.908. The predicted molar refractivity (Wildman–Crippen MR) is 134 cm³/mol. The largest absolute Gasteiger partial charge is 0.469 e. The van der Waals surface area contributed by atoms with Gasteiger partial charge in [0.25, 0.3) is 0 Å². The summed E-state index contributed by atoms with van der Waals surface area (Å²) in [4.78, 5) is 24.6. The summed E-state index contributed by atoms with van der Waals surface area (Å²) in [7, 11) is -2.43. The highest BCUT2D eigenvalue weighted by atomic mass is 32.2. The number of rotatable bonds is 9. The van der Waals surface area contributed by atoms with Crippen LogP contribution in [0.2, 0.25) is 0 Å². The molecule has 3 aromatic rings. The van der Waals surface area contributed by atoms with Crippen LogP contribution in [-0.4, -0.2) is 47.0 Å². The molecule has 0 aliphatic heterocycles. The van der Waals surface area contributed by atoms with Crippen LogP contribution in [0, 0.1) is 0 Å². The molecule has 1 atom stereocenters. The molecule has 3 aromatic carbocycles. The average Bonchev–Trinajstić information content (AvgIpc) is 3.18. The summed E-state index contributed by atoms with van der Waals surface area (Å²) in [6.45, 7) is 0.243. The highest BCUT2D eigenvalue weighted by Gasteiger charge is 2.29. The van der Waals surface area contributed by atoms with Gasteiger partial charge in [-0.3, -0.25) is 4.79 Å². The number of fused-ring (bicyclic) bond motifs is 3. The van der Waals surface area contributed by atoms with Crippen LogP contribution in [0.3, 0.4) is 0 Å². The molecule has 36 heavy (non-hydrogen) atoms. The standard InChI is InChI=1S/C27H27NO7S/c1-33-26(29)15-19(18-8-7-9-20(14-18)35-36(2,31)32)16-28-27(30)34-17-25-23-12-5-3-10-21(23)22-11-4-6-13-24(22)25/h3-14,19,25H,15-17H2,1-2H3,(H,28,30). The topological polar surface area (TPSA) is 108 Å². The van der Waals surface area contributed by atoms with Crippen LogP contribution < -0.4 is 9.50 Å². The lowest BCUT2D eigenvalue weighted by molar-refractivity contribution is -0.141. The molecule has 0 aromatic heterocycles. The van der Waals surface area contributed by atoms with E-state index in [1.54, 1.807) is 12.1 Å². The Hall–Kier alpha value is -3.85. The molecule has 0 saturated heterocycles. The van der Waals surface area contributed by atoms with Gasteiger partial charge in [-0.25, -0.2) is 4.79 Å². The average molecular weight is 510 g/mol. The van der Waals surface area contributed by atoms with Crippen LogP contribution in [0.4, 0.5) is 4.79 Å². The number of hydrogen-bond donors (Lipinski definition) is 1. The lowest BCUT2D eigenvalue weighted by Crippen LogP contribution is -2.31. The van der Waals surface area contributed by atoms with Crippen LogP contribution in [0.15, 0.2) is 72.8 Å². The number of amides is 1. The van der Waals surface area contributed by atoms with Crippen molar-refractivity contribution >= 4 is 22.2 Å². The van der Waals surface area contributed by atoms with Gasteiger partial charge in [-0.1, -0.05) is 60.7 Å². The zero-order chi connectivity index (χ0) is 25.7. The Morgan fingerprint density at radius 3 is 2.19 bits per heavy atom. The van der Waals surface area contributed by atoms with E-state index in [0.717, 1.165) is 28.5 Å². The molecule has 0 heterocycles. The van der Waals surface area contributed by atoms with E-state index in [2.05, 4.69) is 17.4 Å². The monoisotopic (exact) mass is 509 g/mol. The molecule has 0 fully saturated rings. The Morgan fingerprint density at radius 1 is 0.944 bits per heavy atom. The maximum absolute atomic E-state index is 12.6. The van der Waals surface area contributed by atoms with E-state index in [4.69, 9.17) is 13.7 Å². The SMILES string of the molecule is COC(=O)CC(CNC(=O)OCC1c2ccccc2-c2ccccc21)c1cccc(OS(C)(=O)=O)c1. The van der Waals surface area contributed by atoms with Crippen molar-refractivity contribution < 1.29 is 31.7 Å². The summed E-state index contributed by atoms with van der Waals surface area (Å²) in [5.41, 5.74) is 5.10. The fourth-order valence-corrected chi connectivity index (χ4v) is 4.90. The zero-order valence-corrected chi connectivity index (χ0v) is 20.8. The molecule has 9 heteroatoms. The molecule has 8 nitrogen and oxygen atoms in total. The normalized spacial score (nSPS) is 13.3. The van der Waals surface area contributed by atoms with Crippen LogP contribution in [-0.2, 0) is 24.4 Å². The Balaban J connectivity index is 1.42. The molecular formula is C27H27NO7S. The van der Waals surface area contributed by atoms with Crippen molar-refractivity contribution in [2.75, 3.05) is 26.5 Å². The Morgan fingerprint density at radius 2 is 1.58 bits per heavy atom. The third-order valence-corrected chi connectivity index (χ3v) is 6.55. The van der Waals surface area contributed by atoms with E-state index in [1.807, 2.05) is 36.4 Å². The first kappa shape index (κ1) is 25.2. The van der Waals surface area contributed by atoms with Crippen LogP contribution in [0.1, 0.15) is 34.9 Å². The maximum atomic E-state index is 12.6. The molecular weight excluding hydrogens is 482 g/mol. The fourth-order valence-electron chi connectivity index (χ4n) is 4.44. The van der Waals surface area contributed by atoms with E-state index >= 15 is 0 Å². The highest BCUT2D eigenvalue weighted by molar-refractivity contribution is 7.86. The predicted octanol–water partition coefficient (Wildman–Crippen LogP) is 4.21. The molecule has 4 rings (SSSR count). The summed E-state index contributed by atoms with van der Waals surface area (Å²) in [6.07, 6.45) is 0.308. The smallest absolute Gasteiger partial charge is 0.407 e. The third-order valence-electron chi connectivity index (χ3n) is 6.05. The lowest BCUT2D eigenvalue weighted by atomic mass is 9.95. The van der Waals surface area contributed by atoms with Gasteiger partial charge in [0.05, 0.1) is 19.8 Å². The van der Waals surface area contributed by atoms with Gasteiger partial charge in [-0.2, -0.15) is 8.42 Å². The second-order valence-corrected chi connectivity index (χ2v) is 10.1. The minimum absolute atomic E-state index is 0.0253. The highest BCUT2D eigenvalue weighted by Crippen LogP contribution is 2.44. The van der Waals surface area contributed by atoms with Gasteiger partial charge in [0.2, 0.25) is 0 Å². The molecule has 1 N–H and O–H groups in total. The number of esters is 1. The van der Waals surface area contributed by atoms with E-state index in [9.17, 15) is 18.0 Å². The summed E-state index contributed by atoms with van der Waals surface area (Å²) in [5, 5.41) is 2.72. The van der Waals surface area contributed by atoms with E-state index < -0.39 is 28.1 Å². The van der Waals surface area contributed by atoms with Gasteiger partial charge in [0.1, 0.15) is 12.4 Å². The van der Waals surface area contributed by atoms with E-state index in [0.29, 0.717) is 5.56 Å². The van der Waals surface area contributed by atoms with Crippen molar-refractivity contribution in [2.45, 2.75) is 18.3 Å². The first-order valence-corrected chi connectivity index (χ1v) is 13.2. The molecule has 0 saturated carbocycles. The van der Waals surface area contributed by atoms with Crippen molar-refractivity contribution in [3.63, 3.8) is 0 Å². The molecule has 188 valence electrons. The first-order chi connectivity index (χ1) is 17.2. The molecule has 0 radical (unpaired) electrons. The van der Waals surface area contributed by atoms with Crippen molar-refractivity contribution in [3.8, 4) is 16.9 Å². The third kappa shape index (κ3) is 6.04. The summed E-state index contributed by atoms with van der Waals surface area (Å²) >= 11 is 0.